The summed E-state index contributed by atoms with van der Waals surface area (Å²) in [5.41, 5.74) is 0.197. The summed E-state index contributed by atoms with van der Waals surface area (Å²) in [6.45, 7) is 3.19. The summed E-state index contributed by atoms with van der Waals surface area (Å²) < 4.78 is 0. The summed E-state index contributed by atoms with van der Waals surface area (Å²) in [6, 6.07) is 0. The molecular formula is C16H24N4O2S. The van der Waals surface area contributed by atoms with Crippen LogP contribution in [0.25, 0.3) is 0 Å². The van der Waals surface area contributed by atoms with Gasteiger partial charge in [0, 0.05) is 36.7 Å². The second kappa shape index (κ2) is 7.49. The zero-order valence-electron chi connectivity index (χ0n) is 13.3. The Bertz CT molecular complexity index is 525. The van der Waals surface area contributed by atoms with Gasteiger partial charge in [-0.1, -0.05) is 19.3 Å². The molecule has 0 aromatic carbocycles. The zero-order chi connectivity index (χ0) is 16.1. The Balaban J connectivity index is 1.67. The lowest BCUT2D eigenvalue weighted by molar-refractivity contribution is 0.0688. The van der Waals surface area contributed by atoms with Gasteiger partial charge in [-0.15, -0.1) is 0 Å². The molecular weight excluding hydrogens is 312 g/mol. The minimum atomic E-state index is -1.04. The molecule has 0 bridgehead atoms. The first kappa shape index (κ1) is 16.5. The zero-order valence-corrected chi connectivity index (χ0v) is 14.1. The summed E-state index contributed by atoms with van der Waals surface area (Å²) in [7, 11) is 0. The highest BCUT2D eigenvalue weighted by atomic mass is 32.2. The van der Waals surface area contributed by atoms with Crippen LogP contribution in [0.2, 0.25) is 0 Å². The Morgan fingerprint density at radius 1 is 1.22 bits per heavy atom. The number of carboxylic acids is 1. The van der Waals surface area contributed by atoms with E-state index in [9.17, 15) is 4.79 Å². The Hall–Kier alpha value is -1.34. The third-order valence-electron chi connectivity index (χ3n) is 4.94. The van der Waals surface area contributed by atoms with E-state index in [1.54, 1.807) is 0 Å². The molecule has 1 aliphatic heterocycles. The molecule has 2 fully saturated rings. The molecule has 3 rings (SSSR count). The Morgan fingerprint density at radius 2 is 1.96 bits per heavy atom. The van der Waals surface area contributed by atoms with Gasteiger partial charge in [0.2, 0.25) is 0 Å². The molecule has 1 aromatic heterocycles. The smallest absolute Gasteiger partial charge is 0.356 e. The summed E-state index contributed by atoms with van der Waals surface area (Å²) in [5, 5.41) is 12.3. The number of nitrogens with one attached hydrogen (secondary N) is 1. The van der Waals surface area contributed by atoms with Crippen molar-refractivity contribution in [2.75, 3.05) is 36.5 Å². The fraction of sp³-hybridized carbons (Fsp3) is 0.688. The van der Waals surface area contributed by atoms with Crippen molar-refractivity contribution < 1.29 is 9.90 Å². The molecule has 0 amide bonds. The van der Waals surface area contributed by atoms with Gasteiger partial charge in [0.1, 0.15) is 5.82 Å². The van der Waals surface area contributed by atoms with Crippen LogP contribution >= 0.6 is 11.8 Å². The van der Waals surface area contributed by atoms with Crippen LogP contribution in [0.3, 0.4) is 0 Å². The number of thioether (sulfide) groups is 1. The van der Waals surface area contributed by atoms with E-state index in [0.29, 0.717) is 5.82 Å². The van der Waals surface area contributed by atoms with Crippen molar-refractivity contribution in [3.63, 3.8) is 0 Å². The first-order valence-corrected chi connectivity index (χ1v) is 9.47. The lowest BCUT2D eigenvalue weighted by Crippen LogP contribution is -2.57. The highest BCUT2D eigenvalue weighted by molar-refractivity contribution is 7.99. The fourth-order valence-corrected chi connectivity index (χ4v) is 4.54. The summed E-state index contributed by atoms with van der Waals surface area (Å²) in [4.78, 5) is 21.6. The molecule has 0 spiro atoms. The Labute approximate surface area is 141 Å². The van der Waals surface area contributed by atoms with Crippen LogP contribution in [0, 0.1) is 0 Å². The van der Waals surface area contributed by atoms with Gasteiger partial charge < -0.3 is 10.4 Å². The number of anilines is 1. The molecule has 0 unspecified atom stereocenters. The van der Waals surface area contributed by atoms with Crippen molar-refractivity contribution in [2.45, 2.75) is 37.6 Å². The molecule has 1 aromatic rings. The summed E-state index contributed by atoms with van der Waals surface area (Å²) >= 11 is 2.04. The molecule has 2 N–H and O–H groups in total. The van der Waals surface area contributed by atoms with Crippen molar-refractivity contribution in [1.29, 1.82) is 0 Å². The molecule has 0 radical (unpaired) electrons. The van der Waals surface area contributed by atoms with Crippen LogP contribution in [0.15, 0.2) is 12.4 Å². The van der Waals surface area contributed by atoms with E-state index in [2.05, 4.69) is 20.2 Å². The second-order valence-corrected chi connectivity index (χ2v) is 7.55. The summed E-state index contributed by atoms with van der Waals surface area (Å²) in [5.74, 6) is 2.05. The van der Waals surface area contributed by atoms with Crippen molar-refractivity contribution in [2.24, 2.45) is 0 Å². The van der Waals surface area contributed by atoms with Gasteiger partial charge in [-0.3, -0.25) is 4.90 Å². The number of hydrogen-bond acceptors (Lipinski definition) is 6. The number of hydrogen-bond donors (Lipinski definition) is 2. The van der Waals surface area contributed by atoms with Gasteiger partial charge in [0.15, 0.2) is 5.69 Å². The lowest BCUT2D eigenvalue weighted by Gasteiger charge is -2.48. The van der Waals surface area contributed by atoms with Gasteiger partial charge in [0.25, 0.3) is 0 Å². The van der Waals surface area contributed by atoms with Gasteiger partial charge in [-0.05, 0) is 12.8 Å². The number of rotatable bonds is 5. The quantitative estimate of drug-likeness (QED) is 0.854. The average molecular weight is 336 g/mol. The number of aromatic carboxylic acids is 1. The number of carboxylic acid groups (broad SMARTS) is 1. The average Bonchev–Trinajstić information content (AvgIpc) is 2.62. The van der Waals surface area contributed by atoms with E-state index in [1.807, 2.05) is 11.8 Å². The van der Waals surface area contributed by atoms with Crippen molar-refractivity contribution in [3.8, 4) is 0 Å². The van der Waals surface area contributed by atoms with Crippen molar-refractivity contribution >= 4 is 23.5 Å². The molecule has 2 aliphatic rings. The maximum absolute atomic E-state index is 10.8. The summed E-state index contributed by atoms with van der Waals surface area (Å²) in [6.07, 6.45) is 9.19. The highest BCUT2D eigenvalue weighted by Gasteiger charge is 2.38. The SMILES string of the molecule is O=C(O)c1cnc(NCC2(N3CCSCC3)CCCCC2)cn1. The van der Waals surface area contributed by atoms with E-state index in [4.69, 9.17) is 5.11 Å². The monoisotopic (exact) mass is 336 g/mol. The van der Waals surface area contributed by atoms with Crippen molar-refractivity contribution in [1.82, 2.24) is 14.9 Å². The molecule has 23 heavy (non-hydrogen) atoms. The van der Waals surface area contributed by atoms with Gasteiger partial charge in [-0.2, -0.15) is 11.8 Å². The largest absolute Gasteiger partial charge is 0.476 e. The normalized spacial score (nSPS) is 21.7. The minimum Gasteiger partial charge on any atom is -0.476 e. The van der Waals surface area contributed by atoms with Gasteiger partial charge in [-0.25, -0.2) is 14.8 Å². The second-order valence-electron chi connectivity index (χ2n) is 6.33. The topological polar surface area (TPSA) is 78.3 Å². The molecule has 126 valence electrons. The van der Waals surface area contributed by atoms with Crippen LogP contribution in [0.1, 0.15) is 42.6 Å². The number of nitrogens with zero attached hydrogens (tertiary/aromatic N) is 3. The van der Waals surface area contributed by atoms with Crippen molar-refractivity contribution in [3.05, 3.63) is 18.1 Å². The number of carbonyl (C=O) groups is 1. The molecule has 7 heteroatoms. The lowest BCUT2D eigenvalue weighted by atomic mass is 9.80. The molecule has 0 atom stereocenters. The van der Waals surface area contributed by atoms with Crippen LogP contribution in [0.4, 0.5) is 5.82 Å². The standard InChI is InChI=1S/C16H24N4O2S/c21-15(22)13-10-18-14(11-17-13)19-12-16(4-2-1-3-5-16)20-6-8-23-9-7-20/h10-11H,1-9,12H2,(H,18,19)(H,21,22). The van der Waals surface area contributed by atoms with Gasteiger partial charge >= 0.3 is 5.97 Å². The minimum absolute atomic E-state index is 0.0176. The fourth-order valence-electron chi connectivity index (χ4n) is 3.64. The van der Waals surface area contributed by atoms with Crippen LogP contribution < -0.4 is 5.32 Å². The van der Waals surface area contributed by atoms with Crippen LogP contribution in [-0.2, 0) is 0 Å². The predicted molar refractivity (Wildman–Crippen MR) is 92.2 cm³/mol. The van der Waals surface area contributed by atoms with E-state index < -0.39 is 5.97 Å². The molecule has 6 nitrogen and oxygen atoms in total. The highest BCUT2D eigenvalue weighted by Crippen LogP contribution is 2.35. The Kier molecular flexibility index (Phi) is 5.38. The third-order valence-corrected chi connectivity index (χ3v) is 5.88. The van der Waals surface area contributed by atoms with Gasteiger partial charge in [0.05, 0.1) is 12.4 Å². The predicted octanol–water partition coefficient (Wildman–Crippen LogP) is 2.34. The molecule has 1 saturated carbocycles. The Morgan fingerprint density at radius 3 is 2.57 bits per heavy atom. The molecule has 2 heterocycles. The molecule has 1 saturated heterocycles. The first-order valence-electron chi connectivity index (χ1n) is 8.32. The molecule has 1 aliphatic carbocycles. The van der Waals surface area contributed by atoms with Crippen LogP contribution in [0.5, 0.6) is 0 Å². The van der Waals surface area contributed by atoms with E-state index in [0.717, 1.165) is 19.6 Å². The van der Waals surface area contributed by atoms with E-state index in [1.165, 1.54) is 56.0 Å². The maximum atomic E-state index is 10.8. The maximum Gasteiger partial charge on any atom is 0.356 e. The van der Waals surface area contributed by atoms with E-state index in [-0.39, 0.29) is 11.2 Å². The number of aromatic nitrogens is 2. The first-order chi connectivity index (χ1) is 11.2. The third kappa shape index (κ3) is 3.95. The van der Waals surface area contributed by atoms with Crippen LogP contribution in [-0.4, -0.2) is 62.6 Å². The van der Waals surface area contributed by atoms with E-state index >= 15 is 0 Å².